The summed E-state index contributed by atoms with van der Waals surface area (Å²) in [6.07, 6.45) is 28.2. The number of fused-ring (bicyclic) bond motifs is 1. The monoisotopic (exact) mass is 516 g/mol. The summed E-state index contributed by atoms with van der Waals surface area (Å²) in [6, 6.07) is 11.6. The molecule has 0 amide bonds. The summed E-state index contributed by atoms with van der Waals surface area (Å²) in [5.74, 6) is 0. The lowest BCUT2D eigenvalue weighted by Gasteiger charge is -2.25. The molecule has 1 aliphatic carbocycles. The summed E-state index contributed by atoms with van der Waals surface area (Å²) in [6.45, 7) is 9.20. The zero-order valence-corrected chi connectivity index (χ0v) is 25.1. The molecule has 0 saturated heterocycles. The number of rotatable bonds is 19. The van der Waals surface area contributed by atoms with Crippen molar-refractivity contribution in [2.75, 3.05) is 18.0 Å². The molecule has 1 aromatic carbocycles. The Kier molecular flexibility index (Phi) is 14.6. The molecule has 1 aliphatic rings. The average molecular weight is 517 g/mol. The van der Waals surface area contributed by atoms with E-state index in [1.807, 2.05) is 0 Å². The number of pyridine rings is 1. The highest BCUT2D eigenvalue weighted by atomic mass is 15.1. The van der Waals surface area contributed by atoms with E-state index < -0.39 is 0 Å². The Morgan fingerprint density at radius 1 is 0.684 bits per heavy atom. The van der Waals surface area contributed by atoms with Gasteiger partial charge in [-0.2, -0.15) is 0 Å². The van der Waals surface area contributed by atoms with Crippen molar-refractivity contribution in [3.63, 3.8) is 0 Å². The van der Waals surface area contributed by atoms with Gasteiger partial charge in [0.25, 0.3) is 0 Å². The Bertz CT molecular complexity index is 919. The third-order valence-electron chi connectivity index (χ3n) is 8.29. The largest absolute Gasteiger partial charge is 0.372 e. The fraction of sp³-hybridized carbons (Fsp3) is 0.639. The molecule has 1 aromatic heterocycles. The van der Waals surface area contributed by atoms with E-state index in [9.17, 15) is 0 Å². The van der Waals surface area contributed by atoms with E-state index >= 15 is 0 Å². The summed E-state index contributed by atoms with van der Waals surface area (Å²) in [7, 11) is 0. The standard InChI is InChI=1S/C36H56N2/c1-4-7-10-11-12-13-14-15-16-17-21-36-35-20-18-19-32(34(35)26-27-37-36)30-31-22-24-33(25-23-31)38(28-8-5-2)29-9-6-3/h22-27,30H,4-21,28-29H2,1-3H3/b32-30+. The summed E-state index contributed by atoms with van der Waals surface area (Å²) in [5, 5.41) is 0. The maximum atomic E-state index is 4.86. The van der Waals surface area contributed by atoms with Crippen molar-refractivity contribution in [3.05, 3.63) is 58.9 Å². The first-order chi connectivity index (χ1) is 18.8. The summed E-state index contributed by atoms with van der Waals surface area (Å²) < 4.78 is 0. The lowest BCUT2D eigenvalue weighted by Crippen LogP contribution is -2.25. The molecular formula is C36H56N2. The van der Waals surface area contributed by atoms with Gasteiger partial charge in [0.15, 0.2) is 0 Å². The summed E-state index contributed by atoms with van der Waals surface area (Å²) >= 11 is 0. The second-order valence-electron chi connectivity index (χ2n) is 11.5. The molecule has 2 nitrogen and oxygen atoms in total. The number of unbranched alkanes of at least 4 members (excludes halogenated alkanes) is 11. The fourth-order valence-corrected chi connectivity index (χ4v) is 5.90. The lowest BCUT2D eigenvalue weighted by atomic mass is 9.85. The van der Waals surface area contributed by atoms with Crippen molar-refractivity contribution < 1.29 is 0 Å². The van der Waals surface area contributed by atoms with E-state index in [4.69, 9.17) is 4.98 Å². The highest BCUT2D eigenvalue weighted by Crippen LogP contribution is 2.34. The van der Waals surface area contributed by atoms with E-state index in [0.717, 1.165) is 6.42 Å². The maximum Gasteiger partial charge on any atom is 0.0441 e. The van der Waals surface area contributed by atoms with Gasteiger partial charge in [-0.3, -0.25) is 4.98 Å². The van der Waals surface area contributed by atoms with Crippen molar-refractivity contribution in [1.82, 2.24) is 4.98 Å². The molecule has 38 heavy (non-hydrogen) atoms. The van der Waals surface area contributed by atoms with E-state index in [2.05, 4.69) is 68.3 Å². The normalized spacial score (nSPS) is 14.1. The van der Waals surface area contributed by atoms with Crippen LogP contribution in [0.5, 0.6) is 0 Å². The number of aromatic nitrogens is 1. The molecule has 0 spiro atoms. The van der Waals surface area contributed by atoms with Crippen molar-refractivity contribution in [2.45, 2.75) is 136 Å². The number of nitrogens with zero attached hydrogens (tertiary/aromatic N) is 2. The first kappa shape index (κ1) is 30.5. The molecule has 0 unspecified atom stereocenters. The average Bonchev–Trinajstić information content (AvgIpc) is 2.95. The molecule has 1 heterocycles. The van der Waals surface area contributed by atoms with E-state index in [0.29, 0.717) is 0 Å². The molecule has 210 valence electrons. The zero-order chi connectivity index (χ0) is 26.8. The van der Waals surface area contributed by atoms with Crippen molar-refractivity contribution >= 4 is 17.3 Å². The Labute approximate surface area is 235 Å². The summed E-state index contributed by atoms with van der Waals surface area (Å²) in [5.41, 5.74) is 8.56. The van der Waals surface area contributed by atoms with Crippen molar-refractivity contribution in [2.24, 2.45) is 0 Å². The van der Waals surface area contributed by atoms with Crippen LogP contribution in [-0.2, 0) is 12.8 Å². The SMILES string of the molecule is CCCCCCCCCCCCc1nccc2c1CCC/C2=C\c1ccc(N(CCCC)CCCC)cc1. The van der Waals surface area contributed by atoms with Crippen LogP contribution in [0.3, 0.4) is 0 Å². The number of hydrogen-bond acceptors (Lipinski definition) is 2. The van der Waals surface area contributed by atoms with Crippen LogP contribution in [0.4, 0.5) is 5.69 Å². The van der Waals surface area contributed by atoms with Gasteiger partial charge >= 0.3 is 0 Å². The number of aryl methyl sites for hydroxylation is 1. The fourth-order valence-electron chi connectivity index (χ4n) is 5.90. The van der Waals surface area contributed by atoms with E-state index in [1.54, 1.807) is 0 Å². The molecule has 0 bridgehead atoms. The van der Waals surface area contributed by atoms with Crippen LogP contribution >= 0.6 is 0 Å². The molecular weight excluding hydrogens is 460 g/mol. The van der Waals surface area contributed by atoms with Crippen LogP contribution in [0.1, 0.15) is 146 Å². The Hall–Kier alpha value is -2.09. The minimum atomic E-state index is 1.15. The molecule has 3 rings (SSSR count). The maximum absolute atomic E-state index is 4.86. The molecule has 0 N–H and O–H groups in total. The molecule has 2 heteroatoms. The van der Waals surface area contributed by atoms with Crippen LogP contribution < -0.4 is 4.90 Å². The van der Waals surface area contributed by atoms with Gasteiger partial charge in [0.1, 0.15) is 0 Å². The minimum Gasteiger partial charge on any atom is -0.372 e. The number of benzene rings is 1. The van der Waals surface area contributed by atoms with Gasteiger partial charge in [-0.05, 0) is 85.4 Å². The minimum absolute atomic E-state index is 1.15. The van der Waals surface area contributed by atoms with Crippen LogP contribution in [0.25, 0.3) is 11.6 Å². The molecule has 2 aromatic rings. The van der Waals surface area contributed by atoms with Crippen molar-refractivity contribution in [3.8, 4) is 0 Å². The van der Waals surface area contributed by atoms with E-state index in [-0.39, 0.29) is 0 Å². The quantitative estimate of drug-likeness (QED) is 0.173. The highest BCUT2D eigenvalue weighted by molar-refractivity contribution is 5.84. The zero-order valence-electron chi connectivity index (χ0n) is 25.1. The molecule has 0 radical (unpaired) electrons. The third-order valence-corrected chi connectivity index (χ3v) is 8.29. The predicted molar refractivity (Wildman–Crippen MR) is 169 cm³/mol. The topological polar surface area (TPSA) is 16.1 Å². The van der Waals surface area contributed by atoms with Gasteiger partial charge in [-0.15, -0.1) is 0 Å². The smallest absolute Gasteiger partial charge is 0.0441 e. The van der Waals surface area contributed by atoms with Gasteiger partial charge in [-0.25, -0.2) is 0 Å². The second kappa shape index (κ2) is 18.2. The van der Waals surface area contributed by atoms with Gasteiger partial charge in [0.2, 0.25) is 0 Å². The van der Waals surface area contributed by atoms with Gasteiger partial charge in [-0.1, -0.05) is 110 Å². The van der Waals surface area contributed by atoms with Crippen LogP contribution in [0.2, 0.25) is 0 Å². The van der Waals surface area contributed by atoms with Crippen molar-refractivity contribution in [1.29, 1.82) is 0 Å². The van der Waals surface area contributed by atoms with E-state index in [1.165, 1.54) is 156 Å². The first-order valence-corrected chi connectivity index (χ1v) is 16.3. The molecule has 0 atom stereocenters. The summed E-state index contributed by atoms with van der Waals surface area (Å²) in [4.78, 5) is 7.43. The molecule has 0 saturated carbocycles. The number of anilines is 1. The number of allylic oxidation sites excluding steroid dienone is 1. The Balaban J connectivity index is 1.55. The third kappa shape index (κ3) is 10.2. The first-order valence-electron chi connectivity index (χ1n) is 16.3. The second-order valence-corrected chi connectivity index (χ2v) is 11.5. The number of hydrogen-bond donors (Lipinski definition) is 0. The van der Waals surface area contributed by atoms with Gasteiger partial charge in [0, 0.05) is 30.7 Å². The predicted octanol–water partition coefficient (Wildman–Crippen LogP) is 10.8. The van der Waals surface area contributed by atoms with Crippen LogP contribution in [0, 0.1) is 0 Å². The Morgan fingerprint density at radius 2 is 1.29 bits per heavy atom. The molecule has 0 aliphatic heterocycles. The van der Waals surface area contributed by atoms with Crippen LogP contribution in [-0.4, -0.2) is 18.1 Å². The van der Waals surface area contributed by atoms with Gasteiger partial charge in [0.05, 0.1) is 0 Å². The van der Waals surface area contributed by atoms with Gasteiger partial charge < -0.3 is 4.90 Å². The Morgan fingerprint density at radius 3 is 1.92 bits per heavy atom. The van der Waals surface area contributed by atoms with Crippen LogP contribution in [0.15, 0.2) is 36.5 Å². The lowest BCUT2D eigenvalue weighted by molar-refractivity contribution is 0.555. The highest BCUT2D eigenvalue weighted by Gasteiger charge is 2.18. The molecule has 0 fully saturated rings.